The monoisotopic (exact) mass is 271 g/mol. The molecule has 0 radical (unpaired) electrons. The molecular formula is C19H29N. The fraction of sp³-hybridized carbons (Fsp3) is 0.684. The highest BCUT2D eigenvalue weighted by atomic mass is 14.9. The fourth-order valence-corrected chi connectivity index (χ4v) is 4.33. The Balaban J connectivity index is 1.59. The van der Waals surface area contributed by atoms with Crippen LogP contribution in [0.15, 0.2) is 24.3 Å². The minimum atomic E-state index is 0.742. The van der Waals surface area contributed by atoms with E-state index in [1.165, 1.54) is 45.1 Å². The van der Waals surface area contributed by atoms with Gasteiger partial charge in [0.15, 0.2) is 0 Å². The molecule has 110 valence electrons. The Morgan fingerprint density at radius 2 is 1.95 bits per heavy atom. The number of benzene rings is 1. The molecule has 0 saturated heterocycles. The Hall–Kier alpha value is -0.820. The first kappa shape index (κ1) is 14.1. The topological polar surface area (TPSA) is 12.0 Å². The number of hydrogen-bond donors (Lipinski definition) is 1. The van der Waals surface area contributed by atoms with Crippen LogP contribution in [-0.4, -0.2) is 12.6 Å². The number of rotatable bonds is 3. The number of hydrogen-bond acceptors (Lipinski definition) is 1. The van der Waals surface area contributed by atoms with Crippen molar-refractivity contribution < 1.29 is 0 Å². The summed E-state index contributed by atoms with van der Waals surface area (Å²) in [6.07, 6.45) is 8.19. The highest BCUT2D eigenvalue weighted by Gasteiger charge is 2.26. The molecule has 1 saturated carbocycles. The lowest BCUT2D eigenvalue weighted by Crippen LogP contribution is -2.41. The van der Waals surface area contributed by atoms with Crippen LogP contribution < -0.4 is 5.32 Å². The van der Waals surface area contributed by atoms with E-state index in [1.807, 2.05) is 0 Å². The summed E-state index contributed by atoms with van der Waals surface area (Å²) in [4.78, 5) is 0. The van der Waals surface area contributed by atoms with Gasteiger partial charge in [0, 0.05) is 12.6 Å². The molecule has 1 fully saturated rings. The third-order valence-corrected chi connectivity index (χ3v) is 5.55. The predicted molar refractivity (Wildman–Crippen MR) is 86.1 cm³/mol. The van der Waals surface area contributed by atoms with Crippen LogP contribution in [0.25, 0.3) is 0 Å². The summed E-state index contributed by atoms with van der Waals surface area (Å²) in [5.74, 6) is 2.52. The second-order valence-electron chi connectivity index (χ2n) is 7.20. The Labute approximate surface area is 124 Å². The predicted octanol–water partition coefficient (Wildman–Crippen LogP) is 4.52. The lowest BCUT2D eigenvalue weighted by Gasteiger charge is -2.35. The number of aryl methyl sites for hydroxylation is 1. The summed E-state index contributed by atoms with van der Waals surface area (Å²) in [5, 5.41) is 3.90. The maximum Gasteiger partial charge on any atom is 0.00931 e. The maximum atomic E-state index is 3.90. The van der Waals surface area contributed by atoms with E-state index in [0.717, 1.165) is 23.8 Å². The van der Waals surface area contributed by atoms with E-state index in [2.05, 4.69) is 43.4 Å². The second-order valence-corrected chi connectivity index (χ2v) is 7.20. The Morgan fingerprint density at radius 3 is 2.80 bits per heavy atom. The van der Waals surface area contributed by atoms with Crippen molar-refractivity contribution >= 4 is 0 Å². The van der Waals surface area contributed by atoms with Gasteiger partial charge < -0.3 is 5.32 Å². The van der Waals surface area contributed by atoms with Gasteiger partial charge in [-0.1, -0.05) is 38.1 Å². The zero-order valence-electron chi connectivity index (χ0n) is 13.1. The van der Waals surface area contributed by atoms with Crippen LogP contribution in [0, 0.1) is 11.8 Å². The van der Waals surface area contributed by atoms with Gasteiger partial charge in [0.1, 0.15) is 0 Å². The van der Waals surface area contributed by atoms with E-state index >= 15 is 0 Å². The molecule has 3 rings (SSSR count). The van der Waals surface area contributed by atoms with Crippen LogP contribution in [0.2, 0.25) is 0 Å². The Kier molecular flexibility index (Phi) is 4.45. The van der Waals surface area contributed by atoms with Gasteiger partial charge >= 0.3 is 0 Å². The molecule has 2 aliphatic carbocycles. The first-order valence-corrected chi connectivity index (χ1v) is 8.55. The highest BCUT2D eigenvalue weighted by Crippen LogP contribution is 2.32. The fourth-order valence-electron chi connectivity index (χ4n) is 4.33. The Morgan fingerprint density at radius 1 is 1.10 bits per heavy atom. The largest absolute Gasteiger partial charge is 0.313 e. The molecule has 1 heteroatoms. The average Bonchev–Trinajstić information content (AvgIpc) is 2.46. The van der Waals surface area contributed by atoms with Crippen molar-refractivity contribution in [1.29, 1.82) is 0 Å². The van der Waals surface area contributed by atoms with Crippen molar-refractivity contribution in [3.63, 3.8) is 0 Å². The summed E-state index contributed by atoms with van der Waals surface area (Å²) < 4.78 is 0. The number of nitrogens with one attached hydrogen (secondary N) is 1. The molecule has 4 unspecified atom stereocenters. The van der Waals surface area contributed by atoms with Gasteiger partial charge in [0.25, 0.3) is 0 Å². The first-order valence-electron chi connectivity index (χ1n) is 8.55. The highest BCUT2D eigenvalue weighted by molar-refractivity contribution is 5.32. The van der Waals surface area contributed by atoms with Crippen molar-refractivity contribution in [3.05, 3.63) is 35.4 Å². The van der Waals surface area contributed by atoms with Crippen molar-refractivity contribution in [2.45, 2.75) is 64.3 Å². The van der Waals surface area contributed by atoms with Gasteiger partial charge in [-0.05, 0) is 67.4 Å². The summed E-state index contributed by atoms with van der Waals surface area (Å²) in [6, 6.07) is 9.83. The minimum absolute atomic E-state index is 0.742. The zero-order valence-corrected chi connectivity index (χ0v) is 13.1. The van der Waals surface area contributed by atoms with Gasteiger partial charge in [-0.25, -0.2) is 0 Å². The van der Waals surface area contributed by atoms with Gasteiger partial charge in [-0.15, -0.1) is 0 Å². The van der Waals surface area contributed by atoms with Crippen LogP contribution >= 0.6 is 0 Å². The van der Waals surface area contributed by atoms with Gasteiger partial charge in [0.05, 0.1) is 0 Å². The van der Waals surface area contributed by atoms with Gasteiger partial charge in [0.2, 0.25) is 0 Å². The van der Waals surface area contributed by atoms with Crippen LogP contribution in [0.5, 0.6) is 0 Å². The molecule has 20 heavy (non-hydrogen) atoms. The van der Waals surface area contributed by atoms with Crippen LogP contribution in [0.1, 0.15) is 63.0 Å². The smallest absolute Gasteiger partial charge is 0.00931 e. The lowest BCUT2D eigenvalue weighted by atomic mass is 9.79. The van der Waals surface area contributed by atoms with Crippen molar-refractivity contribution in [1.82, 2.24) is 5.32 Å². The van der Waals surface area contributed by atoms with E-state index < -0.39 is 0 Å². The summed E-state index contributed by atoms with van der Waals surface area (Å²) in [7, 11) is 0. The maximum absolute atomic E-state index is 3.90. The standard InChI is InChI=1S/C19H29N/c1-14-10-11-19(15(2)12-14)20-13-17-8-5-7-16-6-3-4-9-18(16)17/h3-4,6,9,14-15,17,19-20H,5,7-8,10-13H2,1-2H3. The van der Waals surface area contributed by atoms with Crippen molar-refractivity contribution in [2.24, 2.45) is 11.8 Å². The lowest BCUT2D eigenvalue weighted by molar-refractivity contribution is 0.224. The molecule has 1 aromatic rings. The molecule has 1 N–H and O–H groups in total. The molecule has 0 amide bonds. The van der Waals surface area contributed by atoms with E-state index in [9.17, 15) is 0 Å². The second kappa shape index (κ2) is 6.30. The normalized spacial score (nSPS) is 33.7. The molecule has 0 spiro atoms. The zero-order chi connectivity index (χ0) is 13.9. The number of fused-ring (bicyclic) bond motifs is 1. The van der Waals surface area contributed by atoms with E-state index in [4.69, 9.17) is 0 Å². The van der Waals surface area contributed by atoms with Crippen LogP contribution in [0.4, 0.5) is 0 Å². The molecule has 4 atom stereocenters. The average molecular weight is 271 g/mol. The van der Waals surface area contributed by atoms with Crippen LogP contribution in [0.3, 0.4) is 0 Å². The summed E-state index contributed by atoms with van der Waals surface area (Å²) in [5.41, 5.74) is 3.21. The van der Waals surface area contributed by atoms with Crippen LogP contribution in [-0.2, 0) is 6.42 Å². The quantitative estimate of drug-likeness (QED) is 0.852. The molecule has 1 nitrogen and oxygen atoms in total. The molecule has 0 aliphatic heterocycles. The molecule has 0 bridgehead atoms. The third-order valence-electron chi connectivity index (χ3n) is 5.55. The molecular weight excluding hydrogens is 242 g/mol. The SMILES string of the molecule is CC1CCC(NCC2CCCc3ccccc32)C(C)C1. The van der Waals surface area contributed by atoms with Crippen molar-refractivity contribution in [2.75, 3.05) is 6.54 Å². The van der Waals surface area contributed by atoms with E-state index in [1.54, 1.807) is 11.1 Å². The molecule has 2 aliphatic rings. The third kappa shape index (κ3) is 3.09. The minimum Gasteiger partial charge on any atom is -0.313 e. The first-order chi connectivity index (χ1) is 9.74. The molecule has 0 heterocycles. The summed E-state index contributed by atoms with van der Waals surface area (Å²) in [6.45, 7) is 6.02. The van der Waals surface area contributed by atoms with Gasteiger partial charge in [-0.3, -0.25) is 0 Å². The summed E-state index contributed by atoms with van der Waals surface area (Å²) >= 11 is 0. The van der Waals surface area contributed by atoms with E-state index in [0.29, 0.717) is 0 Å². The van der Waals surface area contributed by atoms with Crippen molar-refractivity contribution in [3.8, 4) is 0 Å². The Bertz CT molecular complexity index is 439. The van der Waals surface area contributed by atoms with Gasteiger partial charge in [-0.2, -0.15) is 0 Å². The van der Waals surface area contributed by atoms with E-state index in [-0.39, 0.29) is 0 Å². The molecule has 0 aromatic heterocycles. The molecule has 1 aromatic carbocycles.